The van der Waals surface area contributed by atoms with Crippen LogP contribution in [0.1, 0.15) is 25.7 Å². The van der Waals surface area contributed by atoms with Crippen LogP contribution >= 0.6 is 0 Å². The maximum atomic E-state index is 11.7. The number of rotatable bonds is 4. The minimum absolute atomic E-state index is 0.114. The van der Waals surface area contributed by atoms with Gasteiger partial charge in [0, 0.05) is 6.54 Å². The van der Waals surface area contributed by atoms with Gasteiger partial charge in [-0.25, -0.2) is 8.42 Å². The average molecular weight is 255 g/mol. The number of hydrogen-bond acceptors (Lipinski definition) is 3. The van der Waals surface area contributed by atoms with E-state index in [9.17, 15) is 8.42 Å². The van der Waals surface area contributed by atoms with Gasteiger partial charge in [0.1, 0.15) is 0 Å². The van der Waals surface area contributed by atoms with Gasteiger partial charge in [-0.1, -0.05) is 12.2 Å². The standard InChI is InChI=1S/C13H21NO2S/c15-17(16)5-1-2-13(17)9-14-8-12-7-10-3-4-11(12)6-10/h3-4,10-14H,1-2,5-9H2/t10-,11-,12-,13-/m0/s1. The molecule has 0 amide bonds. The summed E-state index contributed by atoms with van der Waals surface area (Å²) in [5, 5.41) is 3.28. The van der Waals surface area contributed by atoms with Gasteiger partial charge in [0.15, 0.2) is 9.84 Å². The van der Waals surface area contributed by atoms with Crippen LogP contribution in [0.2, 0.25) is 0 Å². The Hall–Kier alpha value is -0.350. The fourth-order valence-electron chi connectivity index (χ4n) is 3.65. The molecule has 1 aliphatic heterocycles. The Bertz CT molecular complexity index is 415. The van der Waals surface area contributed by atoms with Gasteiger partial charge in [-0.2, -0.15) is 0 Å². The Balaban J connectivity index is 1.45. The Morgan fingerprint density at radius 1 is 1.18 bits per heavy atom. The lowest BCUT2D eigenvalue weighted by atomic mass is 9.93. The van der Waals surface area contributed by atoms with E-state index in [1.807, 2.05) is 0 Å². The molecule has 2 aliphatic carbocycles. The van der Waals surface area contributed by atoms with Crippen molar-refractivity contribution in [1.82, 2.24) is 5.32 Å². The van der Waals surface area contributed by atoms with E-state index in [4.69, 9.17) is 0 Å². The van der Waals surface area contributed by atoms with Crippen molar-refractivity contribution >= 4 is 9.84 Å². The summed E-state index contributed by atoms with van der Waals surface area (Å²) >= 11 is 0. The van der Waals surface area contributed by atoms with E-state index in [1.165, 1.54) is 12.8 Å². The van der Waals surface area contributed by atoms with Gasteiger partial charge >= 0.3 is 0 Å². The highest BCUT2D eigenvalue weighted by Gasteiger charge is 2.36. The van der Waals surface area contributed by atoms with Crippen molar-refractivity contribution in [1.29, 1.82) is 0 Å². The van der Waals surface area contributed by atoms with Gasteiger partial charge in [-0.15, -0.1) is 0 Å². The van der Waals surface area contributed by atoms with Crippen molar-refractivity contribution in [3.05, 3.63) is 12.2 Å². The van der Waals surface area contributed by atoms with E-state index in [0.717, 1.165) is 37.1 Å². The van der Waals surface area contributed by atoms with E-state index in [-0.39, 0.29) is 5.25 Å². The molecule has 2 fully saturated rings. The predicted molar refractivity (Wildman–Crippen MR) is 68.5 cm³/mol. The number of sulfone groups is 1. The fourth-order valence-corrected chi connectivity index (χ4v) is 5.45. The SMILES string of the molecule is O=S1(=O)CCC[C@H]1CNC[C@@H]1C[C@H]2C=C[C@H]1C2. The van der Waals surface area contributed by atoms with Crippen molar-refractivity contribution in [3.63, 3.8) is 0 Å². The smallest absolute Gasteiger partial charge is 0.154 e. The van der Waals surface area contributed by atoms with Crippen LogP contribution in [0, 0.1) is 17.8 Å². The second kappa shape index (κ2) is 4.39. The molecule has 1 saturated carbocycles. The third kappa shape index (κ3) is 2.29. The molecule has 0 aromatic heterocycles. The quantitative estimate of drug-likeness (QED) is 0.772. The van der Waals surface area contributed by atoms with Crippen molar-refractivity contribution < 1.29 is 8.42 Å². The predicted octanol–water partition coefficient (Wildman–Crippen LogP) is 1.37. The number of hydrogen-bond donors (Lipinski definition) is 1. The zero-order valence-corrected chi connectivity index (χ0v) is 11.0. The molecular formula is C13H21NO2S. The average Bonchev–Trinajstić information content (AvgIpc) is 2.94. The Kier molecular flexibility index (Phi) is 3.03. The van der Waals surface area contributed by atoms with Gasteiger partial charge in [-0.3, -0.25) is 0 Å². The molecule has 0 spiro atoms. The normalized spacial score (nSPS) is 42.4. The van der Waals surface area contributed by atoms with Gasteiger partial charge in [-0.05, 0) is 50.0 Å². The molecule has 1 saturated heterocycles. The van der Waals surface area contributed by atoms with Crippen LogP contribution < -0.4 is 5.32 Å². The Labute approximate surface area is 104 Å². The number of fused-ring (bicyclic) bond motifs is 2. The van der Waals surface area contributed by atoms with Crippen LogP contribution in [0.3, 0.4) is 0 Å². The van der Waals surface area contributed by atoms with Gasteiger partial charge in [0.25, 0.3) is 0 Å². The fraction of sp³-hybridized carbons (Fsp3) is 0.846. The molecule has 0 unspecified atom stereocenters. The van der Waals surface area contributed by atoms with Crippen molar-refractivity contribution in [2.24, 2.45) is 17.8 Å². The highest BCUT2D eigenvalue weighted by molar-refractivity contribution is 7.92. The van der Waals surface area contributed by atoms with Crippen LogP contribution in [0.5, 0.6) is 0 Å². The van der Waals surface area contributed by atoms with E-state index < -0.39 is 9.84 Å². The number of nitrogens with one attached hydrogen (secondary N) is 1. The first-order chi connectivity index (χ1) is 8.15. The summed E-state index contributed by atoms with van der Waals surface area (Å²) in [7, 11) is -2.77. The first kappa shape index (κ1) is 11.7. The highest BCUT2D eigenvalue weighted by atomic mass is 32.2. The second-order valence-corrected chi connectivity index (χ2v) is 8.23. The first-order valence-corrected chi connectivity index (χ1v) is 8.47. The molecule has 0 radical (unpaired) electrons. The van der Waals surface area contributed by atoms with Crippen molar-refractivity contribution in [2.45, 2.75) is 30.9 Å². The monoisotopic (exact) mass is 255 g/mol. The summed E-state index contributed by atoms with van der Waals surface area (Å²) in [4.78, 5) is 0. The van der Waals surface area contributed by atoms with Gasteiger partial charge in [0.2, 0.25) is 0 Å². The van der Waals surface area contributed by atoms with Crippen LogP contribution in [-0.4, -0.2) is 32.5 Å². The minimum Gasteiger partial charge on any atom is -0.315 e. The summed E-state index contributed by atoms with van der Waals surface area (Å²) in [5.74, 6) is 2.71. The summed E-state index contributed by atoms with van der Waals surface area (Å²) in [5.41, 5.74) is 0. The van der Waals surface area contributed by atoms with E-state index in [0.29, 0.717) is 12.3 Å². The Morgan fingerprint density at radius 2 is 2.06 bits per heavy atom. The molecule has 4 atom stereocenters. The van der Waals surface area contributed by atoms with Gasteiger partial charge in [0.05, 0.1) is 11.0 Å². The summed E-state index contributed by atoms with van der Waals surface area (Å²) in [6, 6.07) is 0. The zero-order chi connectivity index (χ0) is 11.9. The van der Waals surface area contributed by atoms with Crippen LogP contribution in [0.25, 0.3) is 0 Å². The van der Waals surface area contributed by atoms with Crippen LogP contribution in [0.4, 0.5) is 0 Å². The van der Waals surface area contributed by atoms with Gasteiger partial charge < -0.3 is 5.32 Å². The molecule has 3 aliphatic rings. The maximum absolute atomic E-state index is 11.7. The molecule has 0 aromatic rings. The molecule has 2 bridgehead atoms. The van der Waals surface area contributed by atoms with Crippen LogP contribution in [-0.2, 0) is 9.84 Å². The third-order valence-electron chi connectivity index (χ3n) is 4.66. The topological polar surface area (TPSA) is 46.2 Å². The molecule has 3 nitrogen and oxygen atoms in total. The molecule has 17 heavy (non-hydrogen) atoms. The highest BCUT2D eigenvalue weighted by Crippen LogP contribution is 2.42. The van der Waals surface area contributed by atoms with E-state index in [2.05, 4.69) is 17.5 Å². The molecule has 3 rings (SSSR count). The molecular weight excluding hydrogens is 234 g/mol. The van der Waals surface area contributed by atoms with Crippen molar-refractivity contribution in [3.8, 4) is 0 Å². The van der Waals surface area contributed by atoms with E-state index >= 15 is 0 Å². The number of allylic oxidation sites excluding steroid dienone is 2. The molecule has 96 valence electrons. The lowest BCUT2D eigenvalue weighted by Gasteiger charge is -2.19. The lowest BCUT2D eigenvalue weighted by molar-refractivity contribution is 0.413. The molecule has 1 heterocycles. The Morgan fingerprint density at radius 3 is 2.65 bits per heavy atom. The lowest BCUT2D eigenvalue weighted by Crippen LogP contribution is -2.34. The van der Waals surface area contributed by atoms with Crippen molar-refractivity contribution in [2.75, 3.05) is 18.8 Å². The molecule has 1 N–H and O–H groups in total. The molecule has 4 heteroatoms. The van der Waals surface area contributed by atoms with Crippen LogP contribution in [0.15, 0.2) is 12.2 Å². The summed E-state index contributed by atoms with van der Waals surface area (Å²) in [6.45, 7) is 1.66. The minimum atomic E-state index is -2.77. The second-order valence-electron chi connectivity index (χ2n) is 5.83. The van der Waals surface area contributed by atoms with E-state index in [1.54, 1.807) is 0 Å². The maximum Gasteiger partial charge on any atom is 0.154 e. The molecule has 0 aromatic carbocycles. The third-order valence-corrected chi connectivity index (χ3v) is 6.93. The summed E-state index contributed by atoms with van der Waals surface area (Å²) < 4.78 is 23.3. The first-order valence-electron chi connectivity index (χ1n) is 6.76. The summed E-state index contributed by atoms with van der Waals surface area (Å²) in [6.07, 6.45) is 9.03. The zero-order valence-electron chi connectivity index (χ0n) is 10.1. The largest absolute Gasteiger partial charge is 0.315 e.